The summed E-state index contributed by atoms with van der Waals surface area (Å²) in [6.45, 7) is -0.391. The maximum Gasteiger partial charge on any atom is 0.328 e. The molecule has 0 saturated heterocycles. The number of rotatable bonds is 5. The van der Waals surface area contributed by atoms with E-state index in [2.05, 4.69) is 16.6 Å². The summed E-state index contributed by atoms with van der Waals surface area (Å²) in [6.07, 6.45) is 5.30. The normalized spacial score (nSPS) is 11.1. The summed E-state index contributed by atoms with van der Waals surface area (Å²) in [5.74, 6) is 1.01. The van der Waals surface area contributed by atoms with E-state index in [0.29, 0.717) is 6.42 Å². The van der Waals surface area contributed by atoms with Crippen molar-refractivity contribution in [2.75, 3.05) is 13.2 Å². The van der Waals surface area contributed by atoms with Gasteiger partial charge in [0, 0.05) is 13.0 Å². The number of aliphatic hydroxyl groups is 1. The van der Waals surface area contributed by atoms with Crippen LogP contribution in [0.3, 0.4) is 0 Å². The van der Waals surface area contributed by atoms with Gasteiger partial charge in [0.15, 0.2) is 6.04 Å². The summed E-state index contributed by atoms with van der Waals surface area (Å²) in [6, 6.07) is -1.96. The van der Waals surface area contributed by atoms with Crippen LogP contribution in [0.25, 0.3) is 0 Å². The number of carboxylic acids is 1. The molecule has 4 N–H and O–H groups in total. The molecular formula is C8H12N2O4. The summed E-state index contributed by atoms with van der Waals surface area (Å²) in [5, 5.41) is 21.4. The van der Waals surface area contributed by atoms with Crippen LogP contribution in [0.4, 0.5) is 4.79 Å². The molecule has 0 aromatic carbocycles. The molecule has 0 saturated carbocycles. The quantitative estimate of drug-likeness (QED) is 0.329. The Hall–Kier alpha value is -1.74. The summed E-state index contributed by atoms with van der Waals surface area (Å²) >= 11 is 0. The van der Waals surface area contributed by atoms with Gasteiger partial charge >= 0.3 is 12.0 Å². The summed E-state index contributed by atoms with van der Waals surface area (Å²) < 4.78 is 0. The second-order valence-corrected chi connectivity index (χ2v) is 2.43. The van der Waals surface area contributed by atoms with E-state index in [0.717, 1.165) is 0 Å². The van der Waals surface area contributed by atoms with Crippen molar-refractivity contribution in [3.8, 4) is 12.3 Å². The Bertz CT molecular complexity index is 246. The molecule has 6 nitrogen and oxygen atoms in total. The molecule has 0 bridgehead atoms. The molecule has 1 atom stereocenters. The van der Waals surface area contributed by atoms with E-state index in [4.69, 9.17) is 16.6 Å². The molecule has 0 fully saturated rings. The highest BCUT2D eigenvalue weighted by Crippen LogP contribution is 1.82. The number of amides is 2. The van der Waals surface area contributed by atoms with Crippen molar-refractivity contribution in [1.82, 2.24) is 10.6 Å². The highest BCUT2D eigenvalue weighted by molar-refractivity contribution is 5.82. The van der Waals surface area contributed by atoms with E-state index in [1.54, 1.807) is 0 Å². The Morgan fingerprint density at radius 3 is 2.57 bits per heavy atom. The molecule has 78 valence electrons. The minimum atomic E-state index is -1.29. The van der Waals surface area contributed by atoms with Gasteiger partial charge < -0.3 is 20.8 Å². The van der Waals surface area contributed by atoms with Gasteiger partial charge in [-0.25, -0.2) is 9.59 Å². The number of hydrogen-bond donors (Lipinski definition) is 4. The maximum atomic E-state index is 10.9. The van der Waals surface area contributed by atoms with Crippen LogP contribution in [-0.4, -0.2) is 41.4 Å². The third-order valence-electron chi connectivity index (χ3n) is 1.34. The molecule has 0 heterocycles. The van der Waals surface area contributed by atoms with Crippen molar-refractivity contribution in [2.24, 2.45) is 0 Å². The number of aliphatic hydroxyl groups excluding tert-OH is 1. The third kappa shape index (κ3) is 5.00. The number of hydrogen-bond acceptors (Lipinski definition) is 3. The first-order chi connectivity index (χ1) is 6.61. The van der Waals surface area contributed by atoms with Crippen molar-refractivity contribution in [2.45, 2.75) is 12.5 Å². The van der Waals surface area contributed by atoms with Crippen molar-refractivity contribution in [1.29, 1.82) is 0 Å². The molecule has 0 aliphatic carbocycles. The average Bonchev–Trinajstić information content (AvgIpc) is 2.14. The predicted octanol–water partition coefficient (Wildman–Crippen LogP) is -1.25. The smallest absolute Gasteiger partial charge is 0.328 e. The second-order valence-electron chi connectivity index (χ2n) is 2.43. The van der Waals surface area contributed by atoms with Crippen LogP contribution in [0.1, 0.15) is 6.42 Å². The monoisotopic (exact) mass is 200 g/mol. The van der Waals surface area contributed by atoms with Gasteiger partial charge in [0.05, 0.1) is 6.61 Å². The predicted molar refractivity (Wildman–Crippen MR) is 48.5 cm³/mol. The van der Waals surface area contributed by atoms with Crippen LogP contribution in [-0.2, 0) is 4.79 Å². The SMILES string of the molecule is C#CCCNC(=O)N[C@@H](CO)C(=O)O. The van der Waals surface area contributed by atoms with Crippen LogP contribution in [0.5, 0.6) is 0 Å². The Labute approximate surface area is 81.3 Å². The fourth-order valence-corrected chi connectivity index (χ4v) is 0.643. The number of carbonyl (C=O) groups excluding carboxylic acids is 1. The zero-order valence-electron chi connectivity index (χ0n) is 7.49. The lowest BCUT2D eigenvalue weighted by atomic mass is 10.3. The second kappa shape index (κ2) is 6.74. The minimum absolute atomic E-state index is 0.264. The molecule has 6 heteroatoms. The first kappa shape index (κ1) is 12.3. The largest absolute Gasteiger partial charge is 0.480 e. The molecule has 0 unspecified atom stereocenters. The molecule has 0 rings (SSSR count). The standard InChI is InChI=1S/C8H12N2O4/c1-2-3-4-9-8(14)10-6(5-11)7(12)13/h1,6,11H,3-5H2,(H,12,13)(H2,9,10,14)/t6-/m0/s1. The van der Waals surface area contributed by atoms with Crippen LogP contribution in [0, 0.1) is 12.3 Å². The van der Waals surface area contributed by atoms with Gasteiger partial charge in [-0.2, -0.15) is 0 Å². The number of nitrogens with one attached hydrogen (secondary N) is 2. The maximum absolute atomic E-state index is 10.9. The van der Waals surface area contributed by atoms with Gasteiger partial charge in [0.1, 0.15) is 0 Å². The fourth-order valence-electron chi connectivity index (χ4n) is 0.643. The summed E-state index contributed by atoms with van der Waals surface area (Å²) in [7, 11) is 0. The fraction of sp³-hybridized carbons (Fsp3) is 0.500. The van der Waals surface area contributed by atoms with E-state index in [1.807, 2.05) is 0 Å². The number of terminal acetylenes is 1. The Balaban J connectivity index is 3.80. The first-order valence-electron chi connectivity index (χ1n) is 3.93. The average molecular weight is 200 g/mol. The number of aliphatic carboxylic acids is 1. The van der Waals surface area contributed by atoms with Gasteiger partial charge in [-0.1, -0.05) is 0 Å². The minimum Gasteiger partial charge on any atom is -0.480 e. The molecule has 0 aliphatic rings. The zero-order chi connectivity index (χ0) is 11.0. The number of urea groups is 1. The van der Waals surface area contributed by atoms with E-state index in [9.17, 15) is 9.59 Å². The van der Waals surface area contributed by atoms with Gasteiger partial charge in [0.25, 0.3) is 0 Å². The first-order valence-corrected chi connectivity index (χ1v) is 3.93. The van der Waals surface area contributed by atoms with E-state index in [-0.39, 0.29) is 6.54 Å². The Kier molecular flexibility index (Phi) is 5.90. The number of carbonyl (C=O) groups is 2. The van der Waals surface area contributed by atoms with E-state index in [1.165, 1.54) is 0 Å². The van der Waals surface area contributed by atoms with Crippen molar-refractivity contribution in [3.05, 3.63) is 0 Å². The van der Waals surface area contributed by atoms with Crippen molar-refractivity contribution < 1.29 is 19.8 Å². The van der Waals surface area contributed by atoms with Crippen LogP contribution in [0.15, 0.2) is 0 Å². The molecule has 0 spiro atoms. The lowest BCUT2D eigenvalue weighted by Crippen LogP contribution is -2.48. The topological polar surface area (TPSA) is 98.7 Å². The molecule has 0 aromatic rings. The van der Waals surface area contributed by atoms with Crippen molar-refractivity contribution in [3.63, 3.8) is 0 Å². The lowest BCUT2D eigenvalue weighted by molar-refractivity contribution is -0.140. The van der Waals surface area contributed by atoms with Crippen LogP contribution >= 0.6 is 0 Å². The van der Waals surface area contributed by atoms with Crippen LogP contribution < -0.4 is 10.6 Å². The molecule has 2 amide bonds. The highest BCUT2D eigenvalue weighted by atomic mass is 16.4. The zero-order valence-corrected chi connectivity index (χ0v) is 7.49. The Morgan fingerprint density at radius 2 is 2.14 bits per heavy atom. The summed E-state index contributed by atoms with van der Waals surface area (Å²) in [5.41, 5.74) is 0. The molecule has 14 heavy (non-hydrogen) atoms. The molecular weight excluding hydrogens is 188 g/mol. The van der Waals surface area contributed by atoms with E-state index >= 15 is 0 Å². The van der Waals surface area contributed by atoms with Gasteiger partial charge in [-0.3, -0.25) is 0 Å². The van der Waals surface area contributed by atoms with Gasteiger partial charge in [0.2, 0.25) is 0 Å². The molecule has 0 aromatic heterocycles. The third-order valence-corrected chi connectivity index (χ3v) is 1.34. The van der Waals surface area contributed by atoms with Crippen molar-refractivity contribution >= 4 is 12.0 Å². The molecule has 0 radical (unpaired) electrons. The van der Waals surface area contributed by atoms with E-state index < -0.39 is 24.6 Å². The van der Waals surface area contributed by atoms with Gasteiger partial charge in [-0.15, -0.1) is 12.3 Å². The molecule has 0 aliphatic heterocycles. The summed E-state index contributed by atoms with van der Waals surface area (Å²) in [4.78, 5) is 21.3. The highest BCUT2D eigenvalue weighted by Gasteiger charge is 2.17. The lowest BCUT2D eigenvalue weighted by Gasteiger charge is -2.11. The van der Waals surface area contributed by atoms with Gasteiger partial charge in [-0.05, 0) is 0 Å². The number of carboxylic acid groups (broad SMARTS) is 1. The Morgan fingerprint density at radius 1 is 1.50 bits per heavy atom. The van der Waals surface area contributed by atoms with Crippen LogP contribution in [0.2, 0.25) is 0 Å².